The predicted molar refractivity (Wildman–Crippen MR) is 151 cm³/mol. The SMILES string of the molecule is CC(C)C(C(C)CP(c1ccccc1)c1ccccc1)P(c1ccccc1)c1ccccc1. The lowest BCUT2D eigenvalue weighted by molar-refractivity contribution is 0.487. The highest BCUT2D eigenvalue weighted by atomic mass is 31.1. The summed E-state index contributed by atoms with van der Waals surface area (Å²) >= 11 is 0. The topological polar surface area (TPSA) is 0 Å². The minimum Gasteiger partial charge on any atom is -0.0622 e. The second-order valence-electron chi connectivity index (χ2n) is 9.03. The van der Waals surface area contributed by atoms with Crippen molar-refractivity contribution in [1.82, 2.24) is 0 Å². The molecule has 0 aromatic heterocycles. The first-order chi connectivity index (χ1) is 16.1. The van der Waals surface area contributed by atoms with Crippen LogP contribution in [0.4, 0.5) is 0 Å². The molecule has 2 unspecified atom stereocenters. The van der Waals surface area contributed by atoms with E-state index in [0.717, 1.165) is 0 Å². The van der Waals surface area contributed by atoms with Crippen molar-refractivity contribution in [2.45, 2.75) is 26.4 Å². The lowest BCUT2D eigenvalue weighted by atomic mass is 10.00. The molecule has 0 fully saturated rings. The molecule has 0 aliphatic heterocycles. The van der Waals surface area contributed by atoms with E-state index in [9.17, 15) is 0 Å². The van der Waals surface area contributed by atoms with E-state index in [4.69, 9.17) is 0 Å². The van der Waals surface area contributed by atoms with Crippen LogP contribution < -0.4 is 21.2 Å². The zero-order valence-corrected chi connectivity index (χ0v) is 21.7. The van der Waals surface area contributed by atoms with Crippen LogP contribution in [0.3, 0.4) is 0 Å². The van der Waals surface area contributed by atoms with Crippen LogP contribution >= 0.6 is 15.8 Å². The van der Waals surface area contributed by atoms with E-state index >= 15 is 0 Å². The Morgan fingerprint density at radius 3 is 1.15 bits per heavy atom. The summed E-state index contributed by atoms with van der Waals surface area (Å²) in [6, 6.07) is 44.8. The Labute approximate surface area is 202 Å². The molecule has 0 N–H and O–H groups in total. The monoisotopic (exact) mass is 468 g/mol. The average Bonchev–Trinajstić information content (AvgIpc) is 2.87. The van der Waals surface area contributed by atoms with Gasteiger partial charge in [-0.3, -0.25) is 0 Å². The molecule has 0 bridgehead atoms. The van der Waals surface area contributed by atoms with Gasteiger partial charge < -0.3 is 0 Å². The van der Waals surface area contributed by atoms with E-state index in [-0.39, 0.29) is 0 Å². The van der Waals surface area contributed by atoms with Crippen LogP contribution in [0.5, 0.6) is 0 Å². The van der Waals surface area contributed by atoms with Crippen molar-refractivity contribution >= 4 is 37.1 Å². The molecule has 4 aromatic carbocycles. The summed E-state index contributed by atoms with van der Waals surface area (Å²) in [6.45, 7) is 7.36. The van der Waals surface area contributed by atoms with Gasteiger partial charge in [-0.1, -0.05) is 142 Å². The van der Waals surface area contributed by atoms with Crippen molar-refractivity contribution in [2.24, 2.45) is 11.8 Å². The third kappa shape index (κ3) is 6.00. The molecule has 0 saturated carbocycles. The molecular weight excluding hydrogens is 434 g/mol. The van der Waals surface area contributed by atoms with Gasteiger partial charge in [-0.05, 0) is 60.7 Å². The van der Waals surface area contributed by atoms with E-state index in [1.165, 1.54) is 27.4 Å². The molecule has 0 heterocycles. The Bertz CT molecular complexity index is 1000. The van der Waals surface area contributed by atoms with E-state index in [2.05, 4.69) is 142 Å². The highest BCUT2D eigenvalue weighted by Gasteiger charge is 2.33. The first-order valence-electron chi connectivity index (χ1n) is 11.9. The third-order valence-corrected chi connectivity index (χ3v) is 12.4. The van der Waals surface area contributed by atoms with Crippen molar-refractivity contribution < 1.29 is 0 Å². The fourth-order valence-electron chi connectivity index (χ4n) is 4.85. The predicted octanol–water partition coefficient (Wildman–Crippen LogP) is 6.91. The van der Waals surface area contributed by atoms with Crippen molar-refractivity contribution in [1.29, 1.82) is 0 Å². The van der Waals surface area contributed by atoms with Crippen LogP contribution in [0.25, 0.3) is 0 Å². The molecular formula is C31H34P2. The molecule has 2 atom stereocenters. The van der Waals surface area contributed by atoms with Gasteiger partial charge >= 0.3 is 0 Å². The van der Waals surface area contributed by atoms with Gasteiger partial charge in [0.15, 0.2) is 0 Å². The number of hydrogen-bond acceptors (Lipinski definition) is 0. The Morgan fingerprint density at radius 1 is 0.485 bits per heavy atom. The van der Waals surface area contributed by atoms with E-state index in [1.54, 1.807) is 0 Å². The van der Waals surface area contributed by atoms with E-state index in [1.807, 2.05) is 0 Å². The first-order valence-corrected chi connectivity index (χ1v) is 14.9. The standard InChI is InChI=1S/C31H34P2/c1-25(2)31(33(29-20-12-6-13-21-29)30-22-14-7-15-23-30)26(3)24-32(27-16-8-4-9-17-27)28-18-10-5-11-19-28/h4-23,25-26,31H,24H2,1-3H3. The highest BCUT2D eigenvalue weighted by Crippen LogP contribution is 2.49. The lowest BCUT2D eigenvalue weighted by Crippen LogP contribution is -2.33. The zero-order chi connectivity index (χ0) is 23.0. The molecule has 0 spiro atoms. The van der Waals surface area contributed by atoms with Gasteiger partial charge in [-0.15, -0.1) is 0 Å². The summed E-state index contributed by atoms with van der Waals surface area (Å²) in [7, 11) is -0.851. The molecule has 0 aliphatic rings. The fraction of sp³-hybridized carbons (Fsp3) is 0.226. The summed E-state index contributed by atoms with van der Waals surface area (Å²) in [6.07, 6.45) is 1.21. The summed E-state index contributed by atoms with van der Waals surface area (Å²) in [4.78, 5) is 0. The summed E-state index contributed by atoms with van der Waals surface area (Å²) in [5.41, 5.74) is 0.613. The Hall–Kier alpha value is -2.26. The minimum absolute atomic E-state index is 0.400. The molecule has 0 saturated heterocycles. The third-order valence-electron chi connectivity index (χ3n) is 6.24. The smallest absolute Gasteiger partial charge is 0.00765 e. The van der Waals surface area contributed by atoms with Crippen LogP contribution in [-0.2, 0) is 0 Å². The van der Waals surface area contributed by atoms with Crippen molar-refractivity contribution in [3.05, 3.63) is 121 Å². The fourth-order valence-corrected chi connectivity index (χ4v) is 10.8. The van der Waals surface area contributed by atoms with Gasteiger partial charge in [-0.25, -0.2) is 0 Å². The molecule has 2 heteroatoms. The van der Waals surface area contributed by atoms with Crippen LogP contribution in [-0.4, -0.2) is 11.8 Å². The van der Waals surface area contributed by atoms with Crippen LogP contribution in [0.2, 0.25) is 0 Å². The van der Waals surface area contributed by atoms with Crippen molar-refractivity contribution in [2.75, 3.05) is 6.16 Å². The quantitative estimate of drug-likeness (QED) is 0.234. The molecule has 33 heavy (non-hydrogen) atoms. The van der Waals surface area contributed by atoms with Crippen LogP contribution in [0, 0.1) is 11.8 Å². The van der Waals surface area contributed by atoms with Gasteiger partial charge in [0.25, 0.3) is 0 Å². The number of benzene rings is 4. The Morgan fingerprint density at radius 2 is 0.818 bits per heavy atom. The summed E-state index contributed by atoms with van der Waals surface area (Å²) in [5, 5.41) is 5.95. The maximum atomic E-state index is 2.51. The second-order valence-corrected chi connectivity index (χ2v) is 13.7. The second kappa shape index (κ2) is 11.7. The van der Waals surface area contributed by atoms with Crippen molar-refractivity contribution in [3.63, 3.8) is 0 Å². The van der Waals surface area contributed by atoms with E-state index in [0.29, 0.717) is 17.5 Å². The Kier molecular flexibility index (Phi) is 8.50. The molecule has 168 valence electrons. The zero-order valence-electron chi connectivity index (χ0n) is 19.9. The van der Waals surface area contributed by atoms with Gasteiger partial charge in [0.1, 0.15) is 0 Å². The van der Waals surface area contributed by atoms with Gasteiger partial charge in [0.05, 0.1) is 0 Å². The maximum Gasteiger partial charge on any atom is -0.00765 e. The molecule has 4 rings (SSSR count). The molecule has 0 amide bonds. The minimum atomic E-state index is -0.451. The van der Waals surface area contributed by atoms with Gasteiger partial charge in [-0.2, -0.15) is 0 Å². The van der Waals surface area contributed by atoms with Crippen LogP contribution in [0.15, 0.2) is 121 Å². The molecule has 0 nitrogen and oxygen atoms in total. The summed E-state index contributed by atoms with van der Waals surface area (Å²) in [5.74, 6) is 1.21. The van der Waals surface area contributed by atoms with Crippen molar-refractivity contribution in [3.8, 4) is 0 Å². The molecule has 0 aliphatic carbocycles. The average molecular weight is 469 g/mol. The first kappa shape index (κ1) is 23.9. The maximum absolute atomic E-state index is 2.51. The number of hydrogen-bond donors (Lipinski definition) is 0. The number of rotatable bonds is 9. The largest absolute Gasteiger partial charge is 0.0622 e. The van der Waals surface area contributed by atoms with Crippen LogP contribution in [0.1, 0.15) is 20.8 Å². The molecule has 0 radical (unpaired) electrons. The van der Waals surface area contributed by atoms with E-state index < -0.39 is 15.8 Å². The van der Waals surface area contributed by atoms with Gasteiger partial charge in [0.2, 0.25) is 0 Å². The normalized spacial score (nSPS) is 13.4. The lowest BCUT2D eigenvalue weighted by Gasteiger charge is -2.37. The summed E-state index contributed by atoms with van der Waals surface area (Å²) < 4.78 is 0. The molecule has 4 aromatic rings. The van der Waals surface area contributed by atoms with Gasteiger partial charge in [0, 0.05) is 0 Å². The highest BCUT2D eigenvalue weighted by molar-refractivity contribution is 7.74. The Balaban J connectivity index is 1.72.